The van der Waals surface area contributed by atoms with Gasteiger partial charge >= 0.3 is 5.97 Å². The molecule has 9 heteroatoms. The molecule has 1 aromatic heterocycles. The van der Waals surface area contributed by atoms with Crippen LogP contribution in [-0.2, 0) is 9.53 Å². The van der Waals surface area contributed by atoms with Crippen LogP contribution in [0, 0.1) is 0 Å². The molecule has 3 aromatic rings. The van der Waals surface area contributed by atoms with Crippen LogP contribution in [0.5, 0.6) is 5.75 Å². The molecule has 3 rings (SSSR count). The Kier molecular flexibility index (Phi) is 6.85. The van der Waals surface area contributed by atoms with Crippen LogP contribution in [0.25, 0.3) is 5.69 Å². The van der Waals surface area contributed by atoms with Crippen LogP contribution in [0.4, 0.5) is 5.69 Å². The molecule has 0 fully saturated rings. The Morgan fingerprint density at radius 3 is 2.62 bits per heavy atom. The molecule has 0 spiro atoms. The number of anilines is 1. The Labute approximate surface area is 172 Å². The van der Waals surface area contributed by atoms with E-state index in [0.29, 0.717) is 28.8 Å². The predicted molar refractivity (Wildman–Crippen MR) is 110 cm³/mol. The van der Waals surface area contributed by atoms with E-state index in [1.54, 1.807) is 49.2 Å². The Morgan fingerprint density at radius 1 is 1.14 bits per heavy atom. The van der Waals surface area contributed by atoms with Crippen molar-refractivity contribution in [1.82, 2.24) is 14.8 Å². The number of ether oxygens (including phenoxy) is 2. The fraction of sp³-hybridized carbons (Fsp3) is 0.200. The van der Waals surface area contributed by atoms with Crippen molar-refractivity contribution in [1.29, 1.82) is 0 Å². The number of thioether (sulfide) groups is 1. The number of benzene rings is 2. The summed E-state index contributed by atoms with van der Waals surface area (Å²) in [4.78, 5) is 24.0. The summed E-state index contributed by atoms with van der Waals surface area (Å²) in [6, 6.07) is 14.0. The Balaban J connectivity index is 1.61. The van der Waals surface area contributed by atoms with E-state index < -0.39 is 5.97 Å². The van der Waals surface area contributed by atoms with Crippen molar-refractivity contribution >= 4 is 29.3 Å². The molecule has 2 aromatic carbocycles. The molecule has 8 nitrogen and oxygen atoms in total. The molecule has 0 aliphatic rings. The van der Waals surface area contributed by atoms with Crippen LogP contribution < -0.4 is 10.1 Å². The Hall–Kier alpha value is -3.33. The predicted octanol–water partition coefficient (Wildman–Crippen LogP) is 3.18. The smallest absolute Gasteiger partial charge is 0.338 e. The third-order valence-corrected chi connectivity index (χ3v) is 4.82. The average molecular weight is 412 g/mol. The maximum absolute atomic E-state index is 12.3. The molecule has 1 heterocycles. The topological polar surface area (TPSA) is 95.3 Å². The SMILES string of the molecule is CCOC(=O)c1ccc(NC(=O)CSc2nncn2-c2ccccc2OC)cc1. The van der Waals surface area contributed by atoms with E-state index in [9.17, 15) is 9.59 Å². The fourth-order valence-corrected chi connectivity index (χ4v) is 3.27. The van der Waals surface area contributed by atoms with Crippen molar-refractivity contribution in [2.75, 3.05) is 24.8 Å². The van der Waals surface area contributed by atoms with Gasteiger partial charge in [0, 0.05) is 5.69 Å². The summed E-state index contributed by atoms with van der Waals surface area (Å²) in [6.45, 7) is 2.06. The lowest BCUT2D eigenvalue weighted by molar-refractivity contribution is -0.113. The minimum absolute atomic E-state index is 0.146. The number of para-hydroxylation sites is 2. The lowest BCUT2D eigenvalue weighted by atomic mass is 10.2. The molecule has 1 amide bonds. The number of nitrogens with one attached hydrogen (secondary N) is 1. The molecule has 0 saturated heterocycles. The van der Waals surface area contributed by atoms with E-state index in [1.807, 2.05) is 24.3 Å². The monoisotopic (exact) mass is 412 g/mol. The normalized spacial score (nSPS) is 10.4. The highest BCUT2D eigenvalue weighted by molar-refractivity contribution is 7.99. The van der Waals surface area contributed by atoms with Crippen LogP contribution >= 0.6 is 11.8 Å². The molecule has 0 saturated carbocycles. The molecule has 150 valence electrons. The van der Waals surface area contributed by atoms with Crippen molar-refractivity contribution in [2.24, 2.45) is 0 Å². The first-order chi connectivity index (χ1) is 14.1. The van der Waals surface area contributed by atoms with Crippen LogP contribution in [0.1, 0.15) is 17.3 Å². The number of methoxy groups -OCH3 is 1. The fourth-order valence-electron chi connectivity index (χ4n) is 2.55. The largest absolute Gasteiger partial charge is 0.495 e. The van der Waals surface area contributed by atoms with Gasteiger partial charge in [-0.2, -0.15) is 0 Å². The third-order valence-electron chi connectivity index (χ3n) is 3.87. The summed E-state index contributed by atoms with van der Waals surface area (Å²) in [5.74, 6) is 0.235. The number of amides is 1. The van der Waals surface area contributed by atoms with Crippen LogP contribution in [0.3, 0.4) is 0 Å². The number of esters is 1. The molecule has 1 N–H and O–H groups in total. The molecular formula is C20H20N4O4S. The van der Waals surface area contributed by atoms with Crippen molar-refractivity contribution in [3.63, 3.8) is 0 Å². The van der Waals surface area contributed by atoms with Gasteiger partial charge in [-0.05, 0) is 43.3 Å². The van der Waals surface area contributed by atoms with E-state index in [-0.39, 0.29) is 11.7 Å². The molecule has 0 aliphatic heterocycles. The van der Waals surface area contributed by atoms with Gasteiger partial charge < -0.3 is 14.8 Å². The second kappa shape index (κ2) is 9.74. The highest BCUT2D eigenvalue weighted by Crippen LogP contribution is 2.26. The average Bonchev–Trinajstić information content (AvgIpc) is 3.21. The number of carbonyl (C=O) groups is 2. The second-order valence-corrected chi connectivity index (χ2v) is 6.73. The molecule has 0 bridgehead atoms. The van der Waals surface area contributed by atoms with E-state index in [4.69, 9.17) is 9.47 Å². The highest BCUT2D eigenvalue weighted by Gasteiger charge is 2.13. The maximum Gasteiger partial charge on any atom is 0.338 e. The zero-order chi connectivity index (χ0) is 20.6. The summed E-state index contributed by atoms with van der Waals surface area (Å²) in [5, 5.41) is 11.4. The summed E-state index contributed by atoms with van der Waals surface area (Å²) in [5.41, 5.74) is 1.82. The molecule has 0 atom stereocenters. The Morgan fingerprint density at radius 2 is 1.90 bits per heavy atom. The molecule has 0 radical (unpaired) electrons. The molecular weight excluding hydrogens is 392 g/mol. The van der Waals surface area contributed by atoms with Gasteiger partial charge in [0.15, 0.2) is 5.16 Å². The van der Waals surface area contributed by atoms with Crippen molar-refractivity contribution in [3.8, 4) is 11.4 Å². The zero-order valence-corrected chi connectivity index (χ0v) is 16.8. The minimum atomic E-state index is -0.392. The lowest BCUT2D eigenvalue weighted by Crippen LogP contribution is -2.14. The first-order valence-corrected chi connectivity index (χ1v) is 9.84. The standard InChI is InChI=1S/C20H20N4O4S/c1-3-28-19(26)14-8-10-15(11-9-14)22-18(25)12-29-20-23-21-13-24(20)16-6-4-5-7-17(16)27-2/h4-11,13H,3,12H2,1-2H3,(H,22,25). The van der Waals surface area contributed by atoms with Gasteiger partial charge in [0.25, 0.3) is 0 Å². The minimum Gasteiger partial charge on any atom is -0.495 e. The summed E-state index contributed by atoms with van der Waals surface area (Å²) in [7, 11) is 1.59. The molecule has 0 aliphatic carbocycles. The lowest BCUT2D eigenvalue weighted by Gasteiger charge is -2.10. The molecule has 29 heavy (non-hydrogen) atoms. The van der Waals surface area contributed by atoms with E-state index in [1.165, 1.54) is 11.8 Å². The summed E-state index contributed by atoms with van der Waals surface area (Å²) in [6.07, 6.45) is 1.58. The van der Waals surface area contributed by atoms with Gasteiger partial charge in [-0.3, -0.25) is 9.36 Å². The van der Waals surface area contributed by atoms with Gasteiger partial charge in [0.2, 0.25) is 5.91 Å². The highest BCUT2D eigenvalue weighted by atomic mass is 32.2. The number of nitrogens with zero attached hydrogens (tertiary/aromatic N) is 3. The number of hydrogen-bond acceptors (Lipinski definition) is 7. The first-order valence-electron chi connectivity index (χ1n) is 8.85. The van der Waals surface area contributed by atoms with Crippen LogP contribution in [-0.4, -0.2) is 46.1 Å². The van der Waals surface area contributed by atoms with Gasteiger partial charge in [-0.1, -0.05) is 23.9 Å². The van der Waals surface area contributed by atoms with E-state index in [0.717, 1.165) is 5.69 Å². The number of rotatable bonds is 8. The summed E-state index contributed by atoms with van der Waals surface area (Å²) >= 11 is 1.26. The number of aromatic nitrogens is 3. The Bertz CT molecular complexity index is 988. The van der Waals surface area contributed by atoms with Gasteiger partial charge in [-0.25, -0.2) is 4.79 Å². The number of hydrogen-bond donors (Lipinski definition) is 1. The second-order valence-electron chi connectivity index (χ2n) is 5.79. The van der Waals surface area contributed by atoms with E-state index >= 15 is 0 Å². The van der Waals surface area contributed by atoms with Gasteiger partial charge in [-0.15, -0.1) is 10.2 Å². The third kappa shape index (κ3) is 5.14. The zero-order valence-electron chi connectivity index (χ0n) is 16.0. The van der Waals surface area contributed by atoms with Crippen LogP contribution in [0.15, 0.2) is 60.0 Å². The number of carbonyl (C=O) groups excluding carboxylic acids is 2. The molecule has 0 unspecified atom stereocenters. The quantitative estimate of drug-likeness (QED) is 0.448. The van der Waals surface area contributed by atoms with Crippen LogP contribution in [0.2, 0.25) is 0 Å². The van der Waals surface area contributed by atoms with Crippen molar-refractivity contribution < 1.29 is 19.1 Å². The van der Waals surface area contributed by atoms with Gasteiger partial charge in [0.05, 0.1) is 30.7 Å². The van der Waals surface area contributed by atoms with Crippen molar-refractivity contribution in [3.05, 3.63) is 60.4 Å². The maximum atomic E-state index is 12.3. The van der Waals surface area contributed by atoms with E-state index in [2.05, 4.69) is 15.5 Å². The van der Waals surface area contributed by atoms with Gasteiger partial charge in [0.1, 0.15) is 12.1 Å². The van der Waals surface area contributed by atoms with Crippen molar-refractivity contribution in [2.45, 2.75) is 12.1 Å². The summed E-state index contributed by atoms with van der Waals surface area (Å²) < 4.78 is 12.1. The first kappa shape index (κ1) is 20.4.